The molecule has 1 spiro atoms. The Labute approximate surface area is 147 Å². The van der Waals surface area contributed by atoms with Crippen LogP contribution in [0.15, 0.2) is 30.6 Å². The molecule has 1 N–H and O–H groups in total. The zero-order valence-corrected chi connectivity index (χ0v) is 14.7. The predicted molar refractivity (Wildman–Crippen MR) is 94.1 cm³/mol. The third kappa shape index (κ3) is 2.40. The van der Waals surface area contributed by atoms with E-state index in [1.165, 1.54) is 30.3 Å². The molecule has 2 aliphatic carbocycles. The first-order chi connectivity index (χ1) is 11.9. The van der Waals surface area contributed by atoms with Crippen LogP contribution in [0, 0.1) is 11.3 Å². The van der Waals surface area contributed by atoms with Crippen LogP contribution in [0.2, 0.25) is 0 Å². The molecule has 1 atom stereocenters. The predicted octanol–water partition coefficient (Wildman–Crippen LogP) is 2.59. The van der Waals surface area contributed by atoms with Crippen LogP contribution in [0.1, 0.15) is 50.5 Å². The van der Waals surface area contributed by atoms with Gasteiger partial charge in [-0.3, -0.25) is 4.79 Å². The fourth-order valence-corrected chi connectivity index (χ4v) is 5.43. The summed E-state index contributed by atoms with van der Waals surface area (Å²) >= 11 is 0. The summed E-state index contributed by atoms with van der Waals surface area (Å²) in [5, 5.41) is 14.2. The summed E-state index contributed by atoms with van der Waals surface area (Å²) in [6.07, 6.45) is 8.69. The van der Waals surface area contributed by atoms with Crippen LogP contribution in [0.5, 0.6) is 0 Å². The Morgan fingerprint density at radius 2 is 2.08 bits per heavy atom. The molecule has 1 amide bonds. The maximum absolute atomic E-state index is 12.5. The van der Waals surface area contributed by atoms with Crippen LogP contribution < -0.4 is 0 Å². The van der Waals surface area contributed by atoms with E-state index in [1.54, 1.807) is 0 Å². The molecule has 2 saturated carbocycles. The highest BCUT2D eigenvalue weighted by Gasteiger charge is 2.53. The number of aliphatic hydroxyl groups is 1. The van der Waals surface area contributed by atoms with Crippen molar-refractivity contribution in [1.82, 2.24) is 14.5 Å². The van der Waals surface area contributed by atoms with Crippen molar-refractivity contribution in [3.63, 3.8) is 0 Å². The van der Waals surface area contributed by atoms with Gasteiger partial charge >= 0.3 is 0 Å². The zero-order chi connectivity index (χ0) is 17.2. The third-order valence-corrected chi connectivity index (χ3v) is 6.70. The van der Waals surface area contributed by atoms with Crippen LogP contribution in [0.3, 0.4) is 0 Å². The minimum atomic E-state index is -0.620. The summed E-state index contributed by atoms with van der Waals surface area (Å²) in [5.41, 5.74) is 2.32. The summed E-state index contributed by atoms with van der Waals surface area (Å²) < 4.78 is 1.96. The van der Waals surface area contributed by atoms with Crippen LogP contribution in [0.25, 0.3) is 5.52 Å². The van der Waals surface area contributed by atoms with Crippen molar-refractivity contribution in [3.8, 4) is 0 Å². The number of rotatable bonds is 2. The normalized spacial score (nSPS) is 33.4. The molecule has 5 heteroatoms. The van der Waals surface area contributed by atoms with Gasteiger partial charge in [0.1, 0.15) is 0 Å². The number of carbonyl (C=O) groups is 1. The third-order valence-electron chi connectivity index (χ3n) is 6.70. The van der Waals surface area contributed by atoms with Crippen molar-refractivity contribution in [2.75, 3.05) is 13.1 Å². The van der Waals surface area contributed by atoms with Crippen LogP contribution in [0.4, 0.5) is 0 Å². The highest BCUT2D eigenvalue weighted by atomic mass is 16.3. The smallest absolute Gasteiger partial charge is 0.225 e. The number of pyridine rings is 1. The van der Waals surface area contributed by atoms with Gasteiger partial charge in [0.05, 0.1) is 11.1 Å². The van der Waals surface area contributed by atoms with E-state index < -0.39 is 5.60 Å². The maximum atomic E-state index is 12.5. The highest BCUT2D eigenvalue weighted by molar-refractivity contribution is 5.81. The van der Waals surface area contributed by atoms with Gasteiger partial charge in [-0.15, -0.1) is 0 Å². The van der Waals surface area contributed by atoms with Gasteiger partial charge < -0.3 is 10.0 Å². The number of fused-ring (bicyclic) bond motifs is 1. The Morgan fingerprint density at radius 1 is 1.28 bits per heavy atom. The van der Waals surface area contributed by atoms with E-state index in [0.29, 0.717) is 24.2 Å². The zero-order valence-electron chi connectivity index (χ0n) is 14.7. The van der Waals surface area contributed by atoms with Crippen molar-refractivity contribution >= 4 is 11.4 Å². The second kappa shape index (κ2) is 5.07. The van der Waals surface area contributed by atoms with Gasteiger partial charge in [0.25, 0.3) is 0 Å². The molecule has 3 heterocycles. The minimum Gasteiger partial charge on any atom is -0.390 e. The van der Waals surface area contributed by atoms with Crippen molar-refractivity contribution < 1.29 is 9.90 Å². The molecule has 1 saturated heterocycles. The first-order valence-electron chi connectivity index (χ1n) is 9.38. The fourth-order valence-electron chi connectivity index (χ4n) is 5.43. The van der Waals surface area contributed by atoms with Crippen molar-refractivity contribution in [2.45, 2.75) is 50.5 Å². The van der Waals surface area contributed by atoms with Gasteiger partial charge in [0.15, 0.2) is 0 Å². The number of nitrogens with zero attached hydrogens (tertiary/aromatic N) is 3. The lowest BCUT2D eigenvalue weighted by Crippen LogP contribution is -2.61. The van der Waals surface area contributed by atoms with Gasteiger partial charge in [-0.2, -0.15) is 5.10 Å². The fraction of sp³-hybridized carbons (Fsp3) is 0.600. The molecule has 5 rings (SSSR count). The number of hydrogen-bond acceptors (Lipinski definition) is 3. The molecule has 25 heavy (non-hydrogen) atoms. The van der Waals surface area contributed by atoms with E-state index >= 15 is 0 Å². The van der Waals surface area contributed by atoms with Crippen molar-refractivity contribution in [3.05, 3.63) is 36.2 Å². The molecule has 0 radical (unpaired) electrons. The summed E-state index contributed by atoms with van der Waals surface area (Å²) in [6.45, 7) is 3.64. The van der Waals surface area contributed by atoms with E-state index in [4.69, 9.17) is 0 Å². The van der Waals surface area contributed by atoms with E-state index in [9.17, 15) is 9.90 Å². The van der Waals surface area contributed by atoms with Gasteiger partial charge in [-0.05, 0) is 62.6 Å². The molecule has 3 fully saturated rings. The second-order valence-electron chi connectivity index (χ2n) is 8.86. The molecule has 0 aromatic carbocycles. The minimum absolute atomic E-state index is 0.0464. The molecule has 0 unspecified atom stereocenters. The van der Waals surface area contributed by atoms with Gasteiger partial charge in [0.2, 0.25) is 5.91 Å². The lowest BCUT2D eigenvalue weighted by atomic mass is 9.69. The molecule has 1 aliphatic heterocycles. The van der Waals surface area contributed by atoms with Crippen molar-refractivity contribution in [2.24, 2.45) is 11.3 Å². The lowest BCUT2D eigenvalue weighted by Gasteiger charge is -2.52. The molecule has 2 aromatic heterocycles. The quantitative estimate of drug-likeness (QED) is 0.915. The molecular formula is C20H25N3O2. The molecule has 0 bridgehead atoms. The maximum Gasteiger partial charge on any atom is 0.225 e. The van der Waals surface area contributed by atoms with Crippen LogP contribution in [-0.4, -0.2) is 44.2 Å². The number of hydrogen-bond donors (Lipinski definition) is 1. The molecular weight excluding hydrogens is 314 g/mol. The Morgan fingerprint density at radius 3 is 2.84 bits per heavy atom. The second-order valence-corrected chi connectivity index (χ2v) is 8.86. The topological polar surface area (TPSA) is 57.8 Å². The van der Waals surface area contributed by atoms with Gasteiger partial charge in [0, 0.05) is 36.8 Å². The average molecular weight is 339 g/mol. The highest BCUT2D eigenvalue weighted by Crippen LogP contribution is 2.53. The number of aromatic nitrogens is 2. The molecule has 5 nitrogen and oxygen atoms in total. The Kier molecular flexibility index (Phi) is 3.12. The first-order valence-corrected chi connectivity index (χ1v) is 9.38. The first kappa shape index (κ1) is 15.4. The molecule has 2 aromatic rings. The Balaban J connectivity index is 1.25. The molecule has 132 valence electrons. The summed E-state index contributed by atoms with van der Waals surface area (Å²) in [5.74, 6) is 0.880. The Hall–Kier alpha value is -1.88. The van der Waals surface area contributed by atoms with Crippen molar-refractivity contribution in [1.29, 1.82) is 0 Å². The largest absolute Gasteiger partial charge is 0.390 e. The van der Waals surface area contributed by atoms with Crippen LogP contribution in [-0.2, 0) is 4.79 Å². The van der Waals surface area contributed by atoms with E-state index in [0.717, 1.165) is 13.1 Å². The number of carbonyl (C=O) groups excluding carboxylic acids is 1. The van der Waals surface area contributed by atoms with Gasteiger partial charge in [-0.1, -0.05) is 6.07 Å². The monoisotopic (exact) mass is 339 g/mol. The van der Waals surface area contributed by atoms with E-state index in [1.807, 2.05) is 28.7 Å². The number of amides is 1. The Bertz CT molecular complexity index is 826. The average Bonchev–Trinajstić information content (AvgIpc) is 3.16. The summed E-state index contributed by atoms with van der Waals surface area (Å²) in [7, 11) is 0. The SMILES string of the molecule is CC1(O)CC(C(=O)N2CC3(CC[C@@H](c4cccn5nccc45)C3)C2)C1. The van der Waals surface area contributed by atoms with Crippen LogP contribution >= 0.6 is 0 Å². The lowest BCUT2D eigenvalue weighted by molar-refractivity contribution is -0.161. The molecule has 3 aliphatic rings. The van der Waals surface area contributed by atoms with E-state index in [-0.39, 0.29) is 11.8 Å². The summed E-state index contributed by atoms with van der Waals surface area (Å²) in [4.78, 5) is 14.6. The van der Waals surface area contributed by atoms with E-state index in [2.05, 4.69) is 23.3 Å². The van der Waals surface area contributed by atoms with Gasteiger partial charge in [-0.25, -0.2) is 4.52 Å². The number of likely N-dealkylation sites (tertiary alicyclic amines) is 1. The standard InChI is InChI=1S/C20H25N3O2/c1-19(25)9-15(10-19)18(24)22-12-20(13-22)6-4-14(11-20)16-3-2-8-23-17(16)5-7-21-23/h2-3,5,7-8,14-15,25H,4,6,9-13H2,1H3/t14-,15?,19?/m1/s1. The summed E-state index contributed by atoms with van der Waals surface area (Å²) in [6, 6.07) is 6.41.